The van der Waals surface area contributed by atoms with E-state index in [0.717, 1.165) is 5.56 Å². The van der Waals surface area contributed by atoms with Crippen molar-refractivity contribution >= 4 is 40.9 Å². The van der Waals surface area contributed by atoms with Crippen LogP contribution in [0.5, 0.6) is 11.5 Å². The first-order valence-corrected chi connectivity index (χ1v) is 9.96. The van der Waals surface area contributed by atoms with Crippen LogP contribution >= 0.6 is 11.8 Å². The predicted octanol–water partition coefficient (Wildman–Crippen LogP) is 2.91. The number of amides is 2. The highest BCUT2D eigenvalue weighted by Crippen LogP contribution is 2.34. The van der Waals surface area contributed by atoms with Gasteiger partial charge in [-0.15, -0.1) is 11.8 Å². The number of rotatable bonds is 7. The summed E-state index contributed by atoms with van der Waals surface area (Å²) < 4.78 is 10.3. The zero-order valence-corrected chi connectivity index (χ0v) is 17.2. The van der Waals surface area contributed by atoms with Crippen LogP contribution in [0, 0.1) is 0 Å². The van der Waals surface area contributed by atoms with Crippen molar-refractivity contribution in [3.8, 4) is 11.5 Å². The maximum Gasteiger partial charge on any atom is 0.337 e. The quantitative estimate of drug-likeness (QED) is 0.699. The van der Waals surface area contributed by atoms with Crippen LogP contribution in [-0.2, 0) is 9.59 Å². The number of benzene rings is 2. The molecule has 0 aromatic heterocycles. The number of methoxy groups -OCH3 is 2. The van der Waals surface area contributed by atoms with Crippen molar-refractivity contribution in [2.75, 3.05) is 31.8 Å². The summed E-state index contributed by atoms with van der Waals surface area (Å²) in [6, 6.07) is 11.9. The van der Waals surface area contributed by atoms with Gasteiger partial charge in [0, 0.05) is 12.1 Å². The van der Waals surface area contributed by atoms with E-state index in [1.807, 2.05) is 35.7 Å². The molecule has 9 heteroatoms. The molecule has 0 saturated carbocycles. The zero-order valence-electron chi connectivity index (χ0n) is 16.4. The number of carbonyl (C=O) groups excluding carboxylic acids is 2. The molecule has 2 aromatic carbocycles. The molecule has 0 saturated heterocycles. The van der Waals surface area contributed by atoms with Crippen LogP contribution in [0.1, 0.15) is 15.9 Å². The zero-order chi connectivity index (χ0) is 21.7. The van der Waals surface area contributed by atoms with Crippen molar-refractivity contribution in [2.24, 2.45) is 0 Å². The first-order valence-electron chi connectivity index (χ1n) is 8.91. The van der Waals surface area contributed by atoms with Gasteiger partial charge in [0.25, 0.3) is 0 Å². The minimum Gasteiger partial charge on any atom is -0.493 e. The summed E-state index contributed by atoms with van der Waals surface area (Å²) >= 11 is 1.36. The van der Waals surface area contributed by atoms with Gasteiger partial charge in [-0.1, -0.05) is 30.3 Å². The third-order valence-electron chi connectivity index (χ3n) is 4.39. The van der Waals surface area contributed by atoms with Crippen LogP contribution in [-0.4, -0.2) is 54.3 Å². The van der Waals surface area contributed by atoms with Crippen LogP contribution in [0.25, 0.3) is 5.70 Å². The van der Waals surface area contributed by atoms with Crippen LogP contribution in [0.4, 0.5) is 5.69 Å². The van der Waals surface area contributed by atoms with E-state index in [-0.39, 0.29) is 41.0 Å². The third-order valence-corrected chi connectivity index (χ3v) is 5.20. The van der Waals surface area contributed by atoms with Gasteiger partial charge in [-0.05, 0) is 11.0 Å². The highest BCUT2D eigenvalue weighted by molar-refractivity contribution is 8.03. The lowest BCUT2D eigenvalue weighted by Crippen LogP contribution is -2.39. The predicted molar refractivity (Wildman–Crippen MR) is 114 cm³/mol. The third kappa shape index (κ3) is 4.57. The summed E-state index contributed by atoms with van der Waals surface area (Å²) in [6.45, 7) is -0.256. The first kappa shape index (κ1) is 21.3. The highest BCUT2D eigenvalue weighted by Gasteiger charge is 2.26. The number of carbonyl (C=O) groups is 3. The molecule has 0 aliphatic carbocycles. The van der Waals surface area contributed by atoms with E-state index in [2.05, 4.69) is 5.32 Å². The Bertz CT molecular complexity index is 1010. The van der Waals surface area contributed by atoms with Gasteiger partial charge in [0.05, 0.1) is 36.9 Å². The lowest BCUT2D eigenvalue weighted by molar-refractivity contribution is -0.129. The van der Waals surface area contributed by atoms with Crippen molar-refractivity contribution in [1.82, 2.24) is 4.90 Å². The lowest BCUT2D eigenvalue weighted by Gasteiger charge is -2.28. The maximum absolute atomic E-state index is 12.7. The van der Waals surface area contributed by atoms with Crippen LogP contribution in [0.2, 0.25) is 0 Å². The number of nitrogens with one attached hydrogen (secondary N) is 1. The number of ether oxygens (including phenoxy) is 2. The Hall–Kier alpha value is -3.46. The summed E-state index contributed by atoms with van der Waals surface area (Å²) in [5.41, 5.74) is 1.33. The fourth-order valence-corrected chi connectivity index (χ4v) is 3.77. The number of carboxylic acids is 1. The minimum absolute atomic E-state index is 0.0502. The molecule has 1 aliphatic heterocycles. The highest BCUT2D eigenvalue weighted by atomic mass is 32.2. The van der Waals surface area contributed by atoms with Crippen LogP contribution in [0.15, 0.2) is 47.9 Å². The summed E-state index contributed by atoms with van der Waals surface area (Å²) in [5.74, 6) is -1.26. The second-order valence-electron chi connectivity index (χ2n) is 6.27. The fraction of sp³-hybridized carbons (Fsp3) is 0.190. The van der Waals surface area contributed by atoms with Gasteiger partial charge < -0.3 is 24.8 Å². The van der Waals surface area contributed by atoms with Crippen molar-refractivity contribution in [3.63, 3.8) is 0 Å². The van der Waals surface area contributed by atoms with Crippen molar-refractivity contribution < 1.29 is 29.0 Å². The Balaban J connectivity index is 1.85. The Morgan fingerprint density at radius 1 is 1.13 bits per heavy atom. The van der Waals surface area contributed by atoms with Gasteiger partial charge in [-0.3, -0.25) is 9.59 Å². The molecule has 8 nitrogen and oxygen atoms in total. The molecule has 0 fully saturated rings. The number of carboxylic acid groups (broad SMARTS) is 1. The number of thioether (sulfide) groups is 1. The monoisotopic (exact) mass is 428 g/mol. The smallest absolute Gasteiger partial charge is 0.337 e. The Morgan fingerprint density at radius 3 is 2.43 bits per heavy atom. The van der Waals surface area contributed by atoms with Gasteiger partial charge in [0.15, 0.2) is 11.5 Å². The SMILES string of the molecule is COc1cc(NC(=O)CN2C(=O)CSC=C2c2ccccc2)c(C(=O)O)cc1OC. The molecule has 0 bridgehead atoms. The molecule has 2 aromatic rings. The number of hydrogen-bond acceptors (Lipinski definition) is 6. The topological polar surface area (TPSA) is 105 Å². The van der Waals surface area contributed by atoms with E-state index in [1.165, 1.54) is 43.0 Å². The van der Waals surface area contributed by atoms with Gasteiger partial charge in [0.1, 0.15) is 6.54 Å². The van der Waals surface area contributed by atoms with Gasteiger partial charge in [-0.2, -0.15) is 0 Å². The van der Waals surface area contributed by atoms with Gasteiger partial charge in [0.2, 0.25) is 11.8 Å². The number of anilines is 1. The van der Waals surface area contributed by atoms with Crippen molar-refractivity contribution in [3.05, 3.63) is 59.0 Å². The molecular weight excluding hydrogens is 408 g/mol. The van der Waals surface area contributed by atoms with Crippen molar-refractivity contribution in [2.45, 2.75) is 0 Å². The number of hydrogen-bond donors (Lipinski definition) is 2. The molecule has 0 radical (unpaired) electrons. The molecule has 1 aliphatic rings. The molecule has 2 N–H and O–H groups in total. The molecule has 0 unspecified atom stereocenters. The summed E-state index contributed by atoms with van der Waals surface area (Å²) in [6.07, 6.45) is 0. The van der Waals surface area contributed by atoms with Gasteiger partial charge in [-0.25, -0.2) is 4.79 Å². The largest absolute Gasteiger partial charge is 0.493 e. The summed E-state index contributed by atoms with van der Waals surface area (Å²) in [5, 5.41) is 13.9. The Morgan fingerprint density at radius 2 is 1.80 bits per heavy atom. The second kappa shape index (κ2) is 9.36. The van der Waals surface area contributed by atoms with E-state index >= 15 is 0 Å². The molecular formula is C21H20N2O6S. The average molecular weight is 428 g/mol. The normalized spacial score (nSPS) is 13.5. The minimum atomic E-state index is -1.23. The van der Waals surface area contributed by atoms with E-state index < -0.39 is 11.9 Å². The van der Waals surface area contributed by atoms with E-state index in [1.54, 1.807) is 0 Å². The Kier molecular flexibility index (Phi) is 6.63. The molecule has 2 amide bonds. The van der Waals surface area contributed by atoms with Crippen LogP contribution in [0.3, 0.4) is 0 Å². The molecule has 1 heterocycles. The molecule has 30 heavy (non-hydrogen) atoms. The fourth-order valence-electron chi connectivity index (χ4n) is 2.97. The van der Waals surface area contributed by atoms with Crippen LogP contribution < -0.4 is 14.8 Å². The van der Waals surface area contributed by atoms with Gasteiger partial charge >= 0.3 is 5.97 Å². The molecule has 0 spiro atoms. The lowest BCUT2D eigenvalue weighted by atomic mass is 10.1. The van der Waals surface area contributed by atoms with E-state index in [4.69, 9.17) is 9.47 Å². The van der Waals surface area contributed by atoms with E-state index in [9.17, 15) is 19.5 Å². The molecule has 0 atom stereocenters. The number of nitrogens with zero attached hydrogens (tertiary/aromatic N) is 1. The maximum atomic E-state index is 12.7. The van der Waals surface area contributed by atoms with Crippen molar-refractivity contribution in [1.29, 1.82) is 0 Å². The molecule has 156 valence electrons. The first-order chi connectivity index (χ1) is 14.4. The second-order valence-corrected chi connectivity index (χ2v) is 7.12. The standard InChI is InChI=1S/C21H20N2O6S/c1-28-17-8-14(21(26)27)15(9-18(17)29-2)22-19(24)10-23-16(11-30-12-20(23)25)13-6-4-3-5-7-13/h3-9,11H,10,12H2,1-2H3,(H,22,24)(H,26,27). The summed E-state index contributed by atoms with van der Waals surface area (Å²) in [4.78, 5) is 38.2. The van der Waals surface area contributed by atoms with E-state index in [0.29, 0.717) is 5.70 Å². The average Bonchev–Trinajstić information content (AvgIpc) is 2.75. The number of aromatic carboxylic acids is 1. The summed E-state index contributed by atoms with van der Waals surface area (Å²) in [7, 11) is 2.80. The Labute approximate surface area is 177 Å². The molecule has 3 rings (SSSR count).